The predicted octanol–water partition coefficient (Wildman–Crippen LogP) is 3.59. The monoisotopic (exact) mass is 227 g/mol. The van der Waals surface area contributed by atoms with Gasteiger partial charge < -0.3 is 0 Å². The summed E-state index contributed by atoms with van der Waals surface area (Å²) in [5.41, 5.74) is 1.38. The van der Waals surface area contributed by atoms with Gasteiger partial charge in [0.2, 0.25) is 0 Å². The van der Waals surface area contributed by atoms with Gasteiger partial charge in [0.15, 0.2) is 0 Å². The standard InChI is InChI=1S/C12H12F3N/c13-12(14,15)11-8-4-7-10(16-11)9-5-2-1-3-6-9/h1-3,5-6,11H,4,7-8H2/t11-/m1/s1. The molecule has 0 amide bonds. The van der Waals surface area contributed by atoms with Crippen molar-refractivity contribution < 1.29 is 13.2 Å². The predicted molar refractivity (Wildman–Crippen MR) is 56.7 cm³/mol. The van der Waals surface area contributed by atoms with Crippen molar-refractivity contribution in [3.05, 3.63) is 35.9 Å². The van der Waals surface area contributed by atoms with Gasteiger partial charge in [-0.25, -0.2) is 0 Å². The van der Waals surface area contributed by atoms with E-state index in [0.29, 0.717) is 18.6 Å². The van der Waals surface area contributed by atoms with Gasteiger partial charge in [0.25, 0.3) is 0 Å². The number of alkyl halides is 3. The van der Waals surface area contributed by atoms with Gasteiger partial charge in [-0.3, -0.25) is 4.99 Å². The molecular formula is C12H12F3N. The number of aliphatic imine (C=N–C) groups is 1. The molecule has 0 N–H and O–H groups in total. The Labute approximate surface area is 92.0 Å². The van der Waals surface area contributed by atoms with Gasteiger partial charge in [0.1, 0.15) is 6.04 Å². The maximum absolute atomic E-state index is 12.5. The Hall–Kier alpha value is -1.32. The molecule has 0 spiro atoms. The second-order valence-electron chi connectivity index (χ2n) is 3.89. The van der Waals surface area contributed by atoms with Crippen molar-refractivity contribution in [3.63, 3.8) is 0 Å². The highest BCUT2D eigenvalue weighted by Crippen LogP contribution is 2.30. The van der Waals surface area contributed by atoms with Crippen LogP contribution in [0.2, 0.25) is 0 Å². The normalized spacial score (nSPS) is 21.7. The summed E-state index contributed by atoms with van der Waals surface area (Å²) in [5.74, 6) is 0. The maximum Gasteiger partial charge on any atom is 0.410 e. The lowest BCUT2D eigenvalue weighted by molar-refractivity contribution is -0.149. The van der Waals surface area contributed by atoms with Crippen LogP contribution in [0.1, 0.15) is 24.8 Å². The first-order valence-electron chi connectivity index (χ1n) is 5.26. The molecule has 0 aliphatic carbocycles. The summed E-state index contributed by atoms with van der Waals surface area (Å²) < 4.78 is 37.6. The Kier molecular flexibility index (Phi) is 2.99. The molecule has 1 atom stereocenters. The highest BCUT2D eigenvalue weighted by atomic mass is 19.4. The number of hydrogen-bond acceptors (Lipinski definition) is 1. The minimum atomic E-state index is -4.21. The fourth-order valence-electron chi connectivity index (χ4n) is 1.87. The van der Waals surface area contributed by atoms with E-state index >= 15 is 0 Å². The van der Waals surface area contributed by atoms with E-state index in [2.05, 4.69) is 4.99 Å². The van der Waals surface area contributed by atoms with Crippen LogP contribution in [0.3, 0.4) is 0 Å². The van der Waals surface area contributed by atoms with E-state index in [0.717, 1.165) is 5.56 Å². The zero-order valence-electron chi connectivity index (χ0n) is 8.67. The third-order valence-corrected chi connectivity index (χ3v) is 2.69. The Bertz CT molecular complexity index is 381. The van der Waals surface area contributed by atoms with Crippen LogP contribution in [0.15, 0.2) is 35.3 Å². The average molecular weight is 227 g/mol. The summed E-state index contributed by atoms with van der Waals surface area (Å²) in [6.07, 6.45) is -2.91. The van der Waals surface area contributed by atoms with Gasteiger partial charge in [-0.05, 0) is 24.8 Å². The molecular weight excluding hydrogens is 215 g/mol. The number of nitrogens with zero attached hydrogens (tertiary/aromatic N) is 1. The minimum Gasteiger partial charge on any atom is -0.276 e. The van der Waals surface area contributed by atoms with Crippen molar-refractivity contribution in [2.75, 3.05) is 0 Å². The van der Waals surface area contributed by atoms with Gasteiger partial charge in [0.05, 0.1) is 0 Å². The molecule has 2 rings (SSSR count). The molecule has 1 aliphatic rings. The smallest absolute Gasteiger partial charge is 0.276 e. The first-order valence-corrected chi connectivity index (χ1v) is 5.26. The van der Waals surface area contributed by atoms with Crippen molar-refractivity contribution in [1.82, 2.24) is 0 Å². The first kappa shape index (κ1) is 11.2. The fraction of sp³-hybridized carbons (Fsp3) is 0.417. The number of hydrogen-bond donors (Lipinski definition) is 0. The zero-order chi connectivity index (χ0) is 11.6. The molecule has 4 heteroatoms. The molecule has 0 saturated heterocycles. The zero-order valence-corrected chi connectivity index (χ0v) is 8.67. The lowest BCUT2D eigenvalue weighted by Gasteiger charge is -2.22. The van der Waals surface area contributed by atoms with Crippen LogP contribution >= 0.6 is 0 Å². The van der Waals surface area contributed by atoms with Crippen LogP contribution in [0.4, 0.5) is 13.2 Å². The van der Waals surface area contributed by atoms with E-state index in [-0.39, 0.29) is 6.42 Å². The van der Waals surface area contributed by atoms with Crippen molar-refractivity contribution >= 4 is 5.71 Å². The SMILES string of the molecule is FC(F)(F)[C@H]1CCCC(c2ccccc2)=N1. The first-order chi connectivity index (χ1) is 7.57. The molecule has 1 aromatic rings. The largest absolute Gasteiger partial charge is 0.410 e. The second-order valence-corrected chi connectivity index (χ2v) is 3.89. The summed E-state index contributed by atoms with van der Waals surface area (Å²) in [7, 11) is 0. The van der Waals surface area contributed by atoms with E-state index in [1.807, 2.05) is 18.2 Å². The van der Waals surface area contributed by atoms with Crippen LogP contribution in [0.25, 0.3) is 0 Å². The van der Waals surface area contributed by atoms with Gasteiger partial charge in [-0.2, -0.15) is 13.2 Å². The van der Waals surface area contributed by atoms with Crippen LogP contribution in [-0.2, 0) is 0 Å². The summed E-state index contributed by atoms with van der Waals surface area (Å²) in [4.78, 5) is 3.81. The maximum atomic E-state index is 12.5. The lowest BCUT2D eigenvalue weighted by atomic mass is 9.98. The fourth-order valence-corrected chi connectivity index (χ4v) is 1.87. The van der Waals surface area contributed by atoms with Crippen molar-refractivity contribution in [3.8, 4) is 0 Å². The Morgan fingerprint density at radius 2 is 1.81 bits per heavy atom. The highest BCUT2D eigenvalue weighted by molar-refractivity contribution is 6.01. The Morgan fingerprint density at radius 1 is 1.12 bits per heavy atom. The molecule has 1 aromatic carbocycles. The van der Waals surface area contributed by atoms with Crippen molar-refractivity contribution in [2.24, 2.45) is 4.99 Å². The second kappa shape index (κ2) is 4.28. The van der Waals surface area contributed by atoms with Crippen LogP contribution in [0, 0.1) is 0 Å². The number of benzene rings is 1. The highest BCUT2D eigenvalue weighted by Gasteiger charge is 2.40. The molecule has 0 fully saturated rings. The summed E-state index contributed by atoms with van der Waals surface area (Å²) in [5, 5.41) is 0. The number of rotatable bonds is 1. The van der Waals surface area contributed by atoms with Crippen molar-refractivity contribution in [1.29, 1.82) is 0 Å². The van der Waals surface area contributed by atoms with E-state index < -0.39 is 12.2 Å². The van der Waals surface area contributed by atoms with E-state index in [9.17, 15) is 13.2 Å². The third-order valence-electron chi connectivity index (χ3n) is 2.69. The molecule has 0 unspecified atom stereocenters. The Balaban J connectivity index is 2.26. The lowest BCUT2D eigenvalue weighted by Crippen LogP contribution is -2.31. The van der Waals surface area contributed by atoms with Crippen LogP contribution in [0.5, 0.6) is 0 Å². The van der Waals surface area contributed by atoms with Gasteiger partial charge in [-0.1, -0.05) is 30.3 Å². The summed E-state index contributed by atoms with van der Waals surface area (Å²) in [6.45, 7) is 0. The molecule has 0 radical (unpaired) electrons. The Morgan fingerprint density at radius 3 is 2.44 bits per heavy atom. The van der Waals surface area contributed by atoms with E-state index in [1.54, 1.807) is 12.1 Å². The molecule has 1 nitrogen and oxygen atoms in total. The van der Waals surface area contributed by atoms with Gasteiger partial charge >= 0.3 is 6.18 Å². The number of halogens is 3. The quantitative estimate of drug-likeness (QED) is 0.695. The molecule has 1 heterocycles. The van der Waals surface area contributed by atoms with E-state index in [1.165, 1.54) is 0 Å². The molecule has 0 aromatic heterocycles. The third kappa shape index (κ3) is 2.43. The average Bonchev–Trinajstić information content (AvgIpc) is 2.29. The minimum absolute atomic E-state index is 0.111. The topological polar surface area (TPSA) is 12.4 Å². The molecule has 0 bridgehead atoms. The summed E-state index contributed by atoms with van der Waals surface area (Å²) >= 11 is 0. The van der Waals surface area contributed by atoms with Gasteiger partial charge in [0, 0.05) is 5.71 Å². The van der Waals surface area contributed by atoms with E-state index in [4.69, 9.17) is 0 Å². The molecule has 0 saturated carbocycles. The van der Waals surface area contributed by atoms with Crippen LogP contribution < -0.4 is 0 Å². The van der Waals surface area contributed by atoms with Crippen LogP contribution in [-0.4, -0.2) is 17.9 Å². The molecule has 1 aliphatic heterocycles. The summed E-state index contributed by atoms with van der Waals surface area (Å²) in [6, 6.07) is 7.56. The molecule has 86 valence electrons. The van der Waals surface area contributed by atoms with Gasteiger partial charge in [-0.15, -0.1) is 0 Å². The van der Waals surface area contributed by atoms with Crippen molar-refractivity contribution in [2.45, 2.75) is 31.5 Å². The molecule has 16 heavy (non-hydrogen) atoms.